The molecular weight excluding hydrogens is 296 g/mol. The third-order valence-corrected chi connectivity index (χ3v) is 3.28. The van der Waals surface area contributed by atoms with Crippen molar-refractivity contribution in [3.8, 4) is 5.69 Å². The van der Waals surface area contributed by atoms with Gasteiger partial charge in [0.25, 0.3) is 5.91 Å². The standard InChI is InChI=1S/C14H10N8O/c23-14(18-13-5-7-15-12-6-8-17-22(12)13)10-3-1-2-4-11(10)21-9-16-19-20-21/h1-9H,(H,18,23). The smallest absolute Gasteiger partial charge is 0.259 e. The first-order valence-electron chi connectivity index (χ1n) is 6.75. The van der Waals surface area contributed by atoms with Crippen LogP contribution in [0.25, 0.3) is 11.3 Å². The van der Waals surface area contributed by atoms with Gasteiger partial charge in [-0.25, -0.2) is 4.98 Å². The Balaban J connectivity index is 1.72. The van der Waals surface area contributed by atoms with E-state index in [4.69, 9.17) is 0 Å². The fourth-order valence-electron chi connectivity index (χ4n) is 2.25. The first kappa shape index (κ1) is 13.1. The maximum atomic E-state index is 12.6. The monoisotopic (exact) mass is 306 g/mol. The molecule has 4 rings (SSSR count). The Morgan fingerprint density at radius 3 is 2.87 bits per heavy atom. The van der Waals surface area contributed by atoms with Gasteiger partial charge in [-0.1, -0.05) is 12.1 Å². The summed E-state index contributed by atoms with van der Waals surface area (Å²) in [7, 11) is 0. The highest BCUT2D eigenvalue weighted by Gasteiger charge is 2.14. The molecule has 23 heavy (non-hydrogen) atoms. The number of benzene rings is 1. The average molecular weight is 306 g/mol. The molecule has 0 saturated carbocycles. The number of fused-ring (bicyclic) bond motifs is 1. The molecule has 0 unspecified atom stereocenters. The van der Waals surface area contributed by atoms with E-state index in [0.29, 0.717) is 22.7 Å². The van der Waals surface area contributed by atoms with Crippen LogP contribution in [0.15, 0.2) is 55.1 Å². The van der Waals surface area contributed by atoms with Crippen molar-refractivity contribution < 1.29 is 4.79 Å². The molecule has 3 aromatic heterocycles. The molecular formula is C14H10N8O. The van der Waals surface area contributed by atoms with Gasteiger partial charge in [0.05, 0.1) is 17.4 Å². The minimum atomic E-state index is -0.292. The maximum Gasteiger partial charge on any atom is 0.259 e. The van der Waals surface area contributed by atoms with Crippen molar-refractivity contribution in [3.63, 3.8) is 0 Å². The van der Waals surface area contributed by atoms with Gasteiger partial charge in [0, 0.05) is 12.3 Å². The third kappa shape index (κ3) is 2.29. The zero-order valence-corrected chi connectivity index (χ0v) is 11.7. The summed E-state index contributed by atoms with van der Waals surface area (Å²) < 4.78 is 2.99. The van der Waals surface area contributed by atoms with Gasteiger partial charge in [-0.05, 0) is 28.6 Å². The van der Waals surface area contributed by atoms with E-state index in [-0.39, 0.29) is 5.91 Å². The van der Waals surface area contributed by atoms with Crippen LogP contribution in [0.5, 0.6) is 0 Å². The molecule has 0 aliphatic heterocycles. The SMILES string of the molecule is O=C(Nc1ccnc2ccnn12)c1ccccc1-n1cnnn1. The van der Waals surface area contributed by atoms with E-state index in [1.807, 2.05) is 6.07 Å². The number of amides is 1. The lowest BCUT2D eigenvalue weighted by molar-refractivity contribution is 0.102. The molecule has 9 heteroatoms. The Bertz CT molecular complexity index is 975. The van der Waals surface area contributed by atoms with Crippen LogP contribution < -0.4 is 5.32 Å². The molecule has 112 valence electrons. The molecule has 0 spiro atoms. The molecule has 1 amide bonds. The van der Waals surface area contributed by atoms with Crippen LogP contribution in [-0.2, 0) is 0 Å². The van der Waals surface area contributed by atoms with Crippen molar-refractivity contribution in [2.75, 3.05) is 5.32 Å². The van der Waals surface area contributed by atoms with Crippen LogP contribution in [-0.4, -0.2) is 40.7 Å². The van der Waals surface area contributed by atoms with Crippen molar-refractivity contribution >= 4 is 17.4 Å². The zero-order chi connectivity index (χ0) is 15.6. The molecule has 0 atom stereocenters. The maximum absolute atomic E-state index is 12.6. The molecule has 0 bridgehead atoms. The second-order valence-electron chi connectivity index (χ2n) is 4.66. The van der Waals surface area contributed by atoms with Crippen molar-refractivity contribution in [1.29, 1.82) is 0 Å². The Labute approximate surface area is 129 Å². The van der Waals surface area contributed by atoms with E-state index in [0.717, 1.165) is 0 Å². The van der Waals surface area contributed by atoms with E-state index >= 15 is 0 Å². The van der Waals surface area contributed by atoms with Crippen LogP contribution in [0.2, 0.25) is 0 Å². The highest BCUT2D eigenvalue weighted by atomic mass is 16.1. The summed E-state index contributed by atoms with van der Waals surface area (Å²) in [4.78, 5) is 16.8. The molecule has 0 aliphatic rings. The van der Waals surface area contributed by atoms with Crippen molar-refractivity contribution in [1.82, 2.24) is 34.8 Å². The number of hydrogen-bond donors (Lipinski definition) is 1. The second-order valence-corrected chi connectivity index (χ2v) is 4.66. The lowest BCUT2D eigenvalue weighted by Crippen LogP contribution is -2.17. The summed E-state index contributed by atoms with van der Waals surface area (Å²) in [5.74, 6) is 0.232. The van der Waals surface area contributed by atoms with E-state index in [1.54, 1.807) is 47.2 Å². The number of para-hydroxylation sites is 1. The van der Waals surface area contributed by atoms with Crippen molar-refractivity contribution in [2.24, 2.45) is 0 Å². The summed E-state index contributed by atoms with van der Waals surface area (Å²) in [6, 6.07) is 10.5. The third-order valence-electron chi connectivity index (χ3n) is 3.28. The van der Waals surface area contributed by atoms with Crippen LogP contribution in [0.4, 0.5) is 5.82 Å². The molecule has 3 heterocycles. The number of tetrazole rings is 1. The molecule has 0 aliphatic carbocycles. The van der Waals surface area contributed by atoms with Gasteiger partial charge in [0.1, 0.15) is 12.1 Å². The molecule has 1 aromatic carbocycles. The van der Waals surface area contributed by atoms with E-state index in [9.17, 15) is 4.79 Å². The summed E-state index contributed by atoms with van der Waals surface area (Å²) in [5.41, 5.74) is 1.68. The Kier molecular flexibility index (Phi) is 3.01. The van der Waals surface area contributed by atoms with Gasteiger partial charge in [-0.15, -0.1) is 5.10 Å². The number of nitrogens with one attached hydrogen (secondary N) is 1. The number of hydrogen-bond acceptors (Lipinski definition) is 6. The van der Waals surface area contributed by atoms with Crippen LogP contribution in [0.1, 0.15) is 10.4 Å². The Hall–Kier alpha value is -3.62. The predicted octanol–water partition coefficient (Wildman–Crippen LogP) is 0.957. The lowest BCUT2D eigenvalue weighted by Gasteiger charge is -2.10. The largest absolute Gasteiger partial charge is 0.306 e. The molecule has 1 N–H and O–H groups in total. The highest BCUT2D eigenvalue weighted by molar-refractivity contribution is 6.06. The van der Waals surface area contributed by atoms with Gasteiger partial charge in [0.15, 0.2) is 5.65 Å². The van der Waals surface area contributed by atoms with Crippen LogP contribution >= 0.6 is 0 Å². The van der Waals surface area contributed by atoms with Crippen LogP contribution in [0.3, 0.4) is 0 Å². The van der Waals surface area contributed by atoms with E-state index < -0.39 is 0 Å². The molecule has 0 saturated heterocycles. The minimum Gasteiger partial charge on any atom is -0.306 e. The highest BCUT2D eigenvalue weighted by Crippen LogP contribution is 2.16. The summed E-state index contributed by atoms with van der Waals surface area (Å²) in [6.07, 6.45) is 4.66. The quantitative estimate of drug-likeness (QED) is 0.604. The molecule has 0 fully saturated rings. The van der Waals surface area contributed by atoms with Gasteiger partial charge in [-0.2, -0.15) is 14.3 Å². The fourth-order valence-corrected chi connectivity index (χ4v) is 2.25. The number of aromatic nitrogens is 7. The van der Waals surface area contributed by atoms with E-state index in [2.05, 4.69) is 30.9 Å². The number of rotatable bonds is 3. The normalized spacial score (nSPS) is 10.8. The van der Waals surface area contributed by atoms with Gasteiger partial charge < -0.3 is 5.32 Å². The predicted molar refractivity (Wildman–Crippen MR) is 80.1 cm³/mol. The first-order valence-corrected chi connectivity index (χ1v) is 6.75. The second kappa shape index (κ2) is 5.30. The van der Waals surface area contributed by atoms with Gasteiger partial charge in [-0.3, -0.25) is 4.79 Å². The minimum absolute atomic E-state index is 0.292. The number of nitrogens with zero attached hydrogens (tertiary/aromatic N) is 7. The number of carbonyl (C=O) groups is 1. The molecule has 9 nitrogen and oxygen atoms in total. The molecule has 0 radical (unpaired) electrons. The molecule has 4 aromatic rings. The number of anilines is 1. The summed E-state index contributed by atoms with van der Waals surface area (Å²) >= 11 is 0. The van der Waals surface area contributed by atoms with Gasteiger partial charge >= 0.3 is 0 Å². The fraction of sp³-hybridized carbons (Fsp3) is 0. The lowest BCUT2D eigenvalue weighted by atomic mass is 10.1. The Morgan fingerprint density at radius 1 is 1.09 bits per heavy atom. The van der Waals surface area contributed by atoms with Crippen LogP contribution in [0, 0.1) is 0 Å². The Morgan fingerprint density at radius 2 is 2.00 bits per heavy atom. The summed E-state index contributed by atoms with van der Waals surface area (Å²) in [6.45, 7) is 0. The zero-order valence-electron chi connectivity index (χ0n) is 11.7. The average Bonchev–Trinajstić information content (AvgIpc) is 3.27. The first-order chi connectivity index (χ1) is 11.3. The number of carbonyl (C=O) groups excluding carboxylic acids is 1. The van der Waals surface area contributed by atoms with Crippen molar-refractivity contribution in [2.45, 2.75) is 0 Å². The van der Waals surface area contributed by atoms with Crippen molar-refractivity contribution in [3.05, 3.63) is 60.7 Å². The summed E-state index contributed by atoms with van der Waals surface area (Å²) in [5, 5.41) is 18.0. The topological polar surface area (TPSA) is 103 Å². The van der Waals surface area contributed by atoms with E-state index in [1.165, 1.54) is 11.0 Å². The van der Waals surface area contributed by atoms with Gasteiger partial charge in [0.2, 0.25) is 0 Å².